The zero-order valence-electron chi connectivity index (χ0n) is 32.8. The van der Waals surface area contributed by atoms with Crippen LogP contribution in [-0.4, -0.2) is 59.7 Å². The fourth-order valence-corrected chi connectivity index (χ4v) is 7.13. The number of anilines is 1. The Kier molecular flexibility index (Phi) is 13.0. The standard InChI is InChI=1S/C43H54FN3O7/c1-9-51-38(49)25-45-41(50)46-31-18-15-27-11-10-12-34-36(22-29(27)21-31)47-40(26(2)3)35(39(34)28-13-16-30(44)17-14-28)20-19-32-23-33(53-43(7,8)52-32)24-37(48)54-42(4,5)6/h13-21,26,32-33H,9-12,22-25H2,1-8H3,(H2,45,46,50)/b20-19+/t32-,33-/m1/s1. The van der Waals surface area contributed by atoms with E-state index < -0.39 is 29.5 Å². The third-order valence-corrected chi connectivity index (χ3v) is 9.20. The van der Waals surface area contributed by atoms with Gasteiger partial charge in [-0.3, -0.25) is 14.6 Å². The minimum atomic E-state index is -0.923. The van der Waals surface area contributed by atoms with Crippen LogP contribution in [0.4, 0.5) is 14.9 Å². The predicted octanol–water partition coefficient (Wildman–Crippen LogP) is 8.43. The van der Waals surface area contributed by atoms with Gasteiger partial charge < -0.3 is 29.6 Å². The third kappa shape index (κ3) is 11.0. The van der Waals surface area contributed by atoms with Crippen molar-refractivity contribution in [1.82, 2.24) is 10.3 Å². The molecule has 0 spiro atoms. The number of esters is 2. The van der Waals surface area contributed by atoms with Gasteiger partial charge in [0.25, 0.3) is 0 Å². The minimum Gasteiger partial charge on any atom is -0.465 e. The number of carbonyl (C=O) groups is 3. The van der Waals surface area contributed by atoms with Gasteiger partial charge in [-0.05, 0) is 119 Å². The number of hydrogen-bond acceptors (Lipinski definition) is 8. The Morgan fingerprint density at radius 1 is 1.04 bits per heavy atom. The van der Waals surface area contributed by atoms with Crippen molar-refractivity contribution in [3.8, 4) is 11.1 Å². The van der Waals surface area contributed by atoms with Crippen LogP contribution < -0.4 is 10.6 Å². The molecule has 2 atom stereocenters. The molecule has 1 aliphatic carbocycles. The van der Waals surface area contributed by atoms with Crippen LogP contribution in [0.5, 0.6) is 0 Å². The first-order chi connectivity index (χ1) is 25.5. The number of halogens is 1. The van der Waals surface area contributed by atoms with E-state index >= 15 is 0 Å². The van der Waals surface area contributed by atoms with E-state index in [9.17, 15) is 18.8 Å². The van der Waals surface area contributed by atoms with Crippen molar-refractivity contribution in [1.29, 1.82) is 0 Å². The SMILES string of the molecule is CCOC(=O)CNC(=O)Nc1ccc2c(c1)Cc1nc(C(C)C)c(/C=C/[C@@H]3C[C@H](CC(=O)OC(C)(C)C)OC(C)(C)O3)c(-c3ccc(F)cc3)c1CCC2. The highest BCUT2D eigenvalue weighted by molar-refractivity contribution is 5.91. The maximum absolute atomic E-state index is 14.3. The van der Waals surface area contributed by atoms with E-state index in [1.165, 1.54) is 17.7 Å². The summed E-state index contributed by atoms with van der Waals surface area (Å²) in [6.07, 6.45) is 6.92. The van der Waals surface area contributed by atoms with Crippen LogP contribution in [0.15, 0.2) is 48.5 Å². The minimum absolute atomic E-state index is 0.0436. The lowest BCUT2D eigenvalue weighted by Gasteiger charge is -2.40. The smallest absolute Gasteiger partial charge is 0.325 e. The van der Waals surface area contributed by atoms with Crippen molar-refractivity contribution < 1.29 is 37.7 Å². The van der Waals surface area contributed by atoms with E-state index in [-0.39, 0.29) is 43.4 Å². The Bertz CT molecular complexity index is 1860. The number of aromatic nitrogens is 1. The van der Waals surface area contributed by atoms with Gasteiger partial charge in [-0.25, -0.2) is 9.18 Å². The summed E-state index contributed by atoms with van der Waals surface area (Å²) < 4.78 is 37.3. The highest BCUT2D eigenvalue weighted by Gasteiger charge is 2.36. The summed E-state index contributed by atoms with van der Waals surface area (Å²) in [6, 6.07) is 12.0. The maximum atomic E-state index is 14.3. The fraction of sp³-hybridized carbons (Fsp3) is 0.488. The first-order valence-corrected chi connectivity index (χ1v) is 18.9. The molecule has 11 heteroatoms. The summed E-state index contributed by atoms with van der Waals surface area (Å²) in [5.41, 5.74) is 8.00. The molecule has 2 heterocycles. The molecule has 1 aromatic heterocycles. The van der Waals surface area contributed by atoms with Gasteiger partial charge in [0.05, 0.1) is 30.9 Å². The number of nitrogens with zero attached hydrogens (tertiary/aromatic N) is 1. The average Bonchev–Trinajstić information content (AvgIpc) is 3.05. The zero-order valence-corrected chi connectivity index (χ0v) is 32.8. The molecule has 3 aromatic rings. The molecule has 5 rings (SSSR count). The van der Waals surface area contributed by atoms with Crippen molar-refractivity contribution in [2.45, 2.75) is 123 Å². The quantitative estimate of drug-likeness (QED) is 0.198. The molecule has 0 radical (unpaired) electrons. The van der Waals surface area contributed by atoms with E-state index in [1.807, 2.05) is 71.0 Å². The first-order valence-electron chi connectivity index (χ1n) is 18.9. The van der Waals surface area contributed by atoms with Gasteiger partial charge in [0.15, 0.2) is 5.79 Å². The molecule has 2 aromatic carbocycles. The summed E-state index contributed by atoms with van der Waals surface area (Å²) in [4.78, 5) is 42.4. The van der Waals surface area contributed by atoms with Crippen molar-refractivity contribution in [3.63, 3.8) is 0 Å². The monoisotopic (exact) mass is 743 g/mol. The number of amides is 2. The van der Waals surface area contributed by atoms with Gasteiger partial charge in [0.2, 0.25) is 0 Å². The van der Waals surface area contributed by atoms with E-state index in [4.69, 9.17) is 23.9 Å². The number of nitrogens with one attached hydrogen (secondary N) is 2. The normalized spacial score (nSPS) is 18.3. The van der Waals surface area contributed by atoms with Crippen LogP contribution in [0.1, 0.15) is 114 Å². The molecule has 1 aliphatic heterocycles. The van der Waals surface area contributed by atoms with Crippen molar-refractivity contribution >= 4 is 29.7 Å². The van der Waals surface area contributed by atoms with Crippen molar-refractivity contribution in [3.05, 3.63) is 88.0 Å². The molecule has 0 bridgehead atoms. The molecule has 54 heavy (non-hydrogen) atoms. The highest BCUT2D eigenvalue weighted by Crippen LogP contribution is 2.39. The van der Waals surface area contributed by atoms with E-state index in [0.717, 1.165) is 58.5 Å². The lowest BCUT2D eigenvalue weighted by molar-refractivity contribution is -0.290. The Morgan fingerprint density at radius 3 is 2.46 bits per heavy atom. The summed E-state index contributed by atoms with van der Waals surface area (Å²) >= 11 is 0. The Hall–Kier alpha value is -4.61. The largest absolute Gasteiger partial charge is 0.465 e. The van der Waals surface area contributed by atoms with Crippen molar-refractivity contribution in [2.24, 2.45) is 0 Å². The topological polar surface area (TPSA) is 125 Å². The zero-order chi connectivity index (χ0) is 39.2. The number of carbonyl (C=O) groups excluding carboxylic acids is 3. The molecule has 1 fully saturated rings. The lowest BCUT2D eigenvalue weighted by Crippen LogP contribution is -2.45. The van der Waals surface area contributed by atoms with E-state index in [1.54, 1.807) is 6.92 Å². The van der Waals surface area contributed by atoms with Gasteiger partial charge in [-0.2, -0.15) is 0 Å². The summed E-state index contributed by atoms with van der Waals surface area (Å²) in [5.74, 6) is -2.02. The molecule has 2 aliphatic rings. The summed E-state index contributed by atoms with van der Waals surface area (Å²) in [6.45, 7) is 15.2. The van der Waals surface area contributed by atoms with Crippen LogP contribution in [-0.2, 0) is 47.8 Å². The number of aryl methyl sites for hydroxylation is 1. The number of fused-ring (bicyclic) bond motifs is 2. The molecule has 0 saturated carbocycles. The van der Waals surface area contributed by atoms with E-state index in [2.05, 4.69) is 30.6 Å². The molecule has 290 valence electrons. The second kappa shape index (κ2) is 17.2. The average molecular weight is 744 g/mol. The number of pyridine rings is 1. The number of urea groups is 1. The second-order valence-electron chi connectivity index (χ2n) is 15.7. The number of rotatable bonds is 10. The molecule has 10 nitrogen and oxygen atoms in total. The summed E-state index contributed by atoms with van der Waals surface area (Å²) in [7, 11) is 0. The Balaban J connectivity index is 1.51. The highest BCUT2D eigenvalue weighted by atomic mass is 19.1. The molecule has 0 unspecified atom stereocenters. The summed E-state index contributed by atoms with van der Waals surface area (Å²) in [5, 5.41) is 5.38. The molecule has 2 N–H and O–H groups in total. The number of ether oxygens (including phenoxy) is 4. The van der Waals surface area contributed by atoms with Gasteiger partial charge in [0, 0.05) is 29.8 Å². The Morgan fingerprint density at radius 2 is 1.78 bits per heavy atom. The molecule has 1 saturated heterocycles. The Labute approximate surface area is 318 Å². The maximum Gasteiger partial charge on any atom is 0.325 e. The first kappa shape index (κ1) is 40.6. The second-order valence-corrected chi connectivity index (χ2v) is 15.7. The van der Waals surface area contributed by atoms with E-state index in [0.29, 0.717) is 18.5 Å². The lowest BCUT2D eigenvalue weighted by atomic mass is 9.83. The van der Waals surface area contributed by atoms with Gasteiger partial charge in [-0.1, -0.05) is 44.2 Å². The van der Waals surface area contributed by atoms with Gasteiger partial charge >= 0.3 is 18.0 Å². The van der Waals surface area contributed by atoms with Crippen LogP contribution >= 0.6 is 0 Å². The number of benzene rings is 2. The third-order valence-electron chi connectivity index (χ3n) is 9.20. The van der Waals surface area contributed by atoms with Crippen LogP contribution in [0.2, 0.25) is 0 Å². The van der Waals surface area contributed by atoms with Crippen molar-refractivity contribution in [2.75, 3.05) is 18.5 Å². The van der Waals surface area contributed by atoms with Gasteiger partial charge in [0.1, 0.15) is 18.0 Å². The predicted molar refractivity (Wildman–Crippen MR) is 207 cm³/mol. The molecule has 2 amide bonds. The van der Waals surface area contributed by atoms with Gasteiger partial charge in [-0.15, -0.1) is 0 Å². The van der Waals surface area contributed by atoms with Crippen LogP contribution in [0, 0.1) is 5.82 Å². The van der Waals surface area contributed by atoms with Crippen LogP contribution in [0.3, 0.4) is 0 Å². The molecular weight excluding hydrogens is 689 g/mol. The number of hydrogen-bond donors (Lipinski definition) is 2. The fourth-order valence-electron chi connectivity index (χ4n) is 7.13. The molecular formula is C43H54FN3O7. The van der Waals surface area contributed by atoms with Crippen LogP contribution in [0.25, 0.3) is 17.2 Å².